The normalized spacial score (nSPS) is 23.4. The van der Waals surface area contributed by atoms with Crippen LogP contribution >= 0.6 is 34.4 Å². The van der Waals surface area contributed by atoms with Gasteiger partial charge in [-0.3, -0.25) is 0 Å². The Morgan fingerprint density at radius 3 is 2.82 bits per heavy atom. The second kappa shape index (κ2) is 4.61. The van der Waals surface area contributed by atoms with Gasteiger partial charge in [0.25, 0.3) is 0 Å². The van der Waals surface area contributed by atoms with E-state index in [4.69, 9.17) is 4.74 Å². The van der Waals surface area contributed by atoms with Crippen molar-refractivity contribution >= 4 is 34.4 Å². The Bertz CT molecular complexity index is 517. The molecular weight excluding hydrogens is 268 g/mol. The molecule has 0 spiro atoms. The summed E-state index contributed by atoms with van der Waals surface area (Å²) in [6.45, 7) is 0. The number of thioether (sulfide) groups is 1. The topological polar surface area (TPSA) is 9.23 Å². The fourth-order valence-corrected chi connectivity index (χ4v) is 5.03. The summed E-state index contributed by atoms with van der Waals surface area (Å²) in [6, 6.07) is 6.47. The van der Waals surface area contributed by atoms with Crippen LogP contribution in [0.25, 0.3) is 10.4 Å². The predicted molar refractivity (Wildman–Crippen MR) is 77.7 cm³/mol. The Hall–Kier alpha value is -0.550. The molecule has 1 unspecified atom stereocenters. The largest absolute Gasteiger partial charge is 0.362 e. The first kappa shape index (κ1) is 11.5. The third kappa shape index (κ3) is 1.89. The number of hydrogen-bond donors (Lipinski definition) is 0. The molecule has 2 aromatic heterocycles. The lowest BCUT2D eigenvalue weighted by atomic mass is 10.1. The quantitative estimate of drug-likeness (QED) is 0.788. The number of thiophene rings is 2. The molecule has 0 saturated heterocycles. The number of methoxy groups -OCH3 is 1. The van der Waals surface area contributed by atoms with Crippen molar-refractivity contribution < 1.29 is 4.74 Å². The van der Waals surface area contributed by atoms with E-state index in [1.54, 1.807) is 41.5 Å². The van der Waals surface area contributed by atoms with E-state index >= 15 is 0 Å². The molecule has 2 aromatic rings. The minimum atomic E-state index is -0.201. The Balaban J connectivity index is 2.07. The molecule has 1 aliphatic rings. The van der Waals surface area contributed by atoms with Crippen molar-refractivity contribution in [3.8, 4) is 10.4 Å². The SMILES string of the molecule is COC1(c2sccc2-c2cccs2)CC=CS1. The summed E-state index contributed by atoms with van der Waals surface area (Å²) in [5.74, 6) is 0. The molecule has 0 aliphatic carbocycles. The Kier molecular flexibility index (Phi) is 3.13. The minimum Gasteiger partial charge on any atom is -0.362 e. The first-order valence-corrected chi connectivity index (χ1v) is 7.99. The van der Waals surface area contributed by atoms with Gasteiger partial charge in [0.15, 0.2) is 4.93 Å². The summed E-state index contributed by atoms with van der Waals surface area (Å²) in [7, 11) is 1.80. The van der Waals surface area contributed by atoms with E-state index in [0.29, 0.717) is 0 Å². The number of rotatable bonds is 3. The highest BCUT2D eigenvalue weighted by molar-refractivity contribution is 8.03. The summed E-state index contributed by atoms with van der Waals surface area (Å²) in [4.78, 5) is 2.45. The van der Waals surface area contributed by atoms with Crippen LogP contribution in [0.3, 0.4) is 0 Å². The maximum Gasteiger partial charge on any atom is 0.155 e. The molecule has 0 N–H and O–H groups in total. The van der Waals surface area contributed by atoms with Gasteiger partial charge in [-0.15, -0.1) is 22.7 Å². The molecule has 3 rings (SSSR count). The first-order chi connectivity index (χ1) is 8.36. The van der Waals surface area contributed by atoms with Gasteiger partial charge in [-0.1, -0.05) is 23.9 Å². The molecular formula is C13H12OS3. The Morgan fingerprint density at radius 2 is 2.18 bits per heavy atom. The van der Waals surface area contributed by atoms with E-state index in [2.05, 4.69) is 40.4 Å². The third-order valence-electron chi connectivity index (χ3n) is 2.87. The highest BCUT2D eigenvalue weighted by Gasteiger charge is 2.37. The van der Waals surface area contributed by atoms with E-state index < -0.39 is 0 Å². The molecule has 1 nitrogen and oxygen atoms in total. The highest BCUT2D eigenvalue weighted by atomic mass is 32.2. The van der Waals surface area contributed by atoms with Gasteiger partial charge in [-0.25, -0.2) is 0 Å². The van der Waals surface area contributed by atoms with Crippen molar-refractivity contribution in [1.29, 1.82) is 0 Å². The van der Waals surface area contributed by atoms with Gasteiger partial charge in [0, 0.05) is 24.0 Å². The maximum atomic E-state index is 5.80. The molecule has 4 heteroatoms. The van der Waals surface area contributed by atoms with Crippen LogP contribution in [0.1, 0.15) is 11.3 Å². The zero-order valence-corrected chi connectivity index (χ0v) is 11.8. The van der Waals surface area contributed by atoms with Crippen molar-refractivity contribution in [2.75, 3.05) is 7.11 Å². The summed E-state index contributed by atoms with van der Waals surface area (Å²) < 4.78 is 5.80. The lowest BCUT2D eigenvalue weighted by molar-refractivity contribution is 0.0781. The van der Waals surface area contributed by atoms with Crippen molar-refractivity contribution in [2.24, 2.45) is 0 Å². The second-order valence-electron chi connectivity index (χ2n) is 3.79. The summed E-state index contributed by atoms with van der Waals surface area (Å²) in [5.41, 5.74) is 1.32. The van der Waals surface area contributed by atoms with Crippen LogP contribution in [-0.2, 0) is 9.67 Å². The molecule has 1 aliphatic heterocycles. The van der Waals surface area contributed by atoms with Gasteiger partial charge < -0.3 is 4.74 Å². The fraction of sp³-hybridized carbons (Fsp3) is 0.231. The summed E-state index contributed by atoms with van der Waals surface area (Å²) in [6.07, 6.45) is 3.14. The third-order valence-corrected chi connectivity index (χ3v) is 6.21. The van der Waals surface area contributed by atoms with E-state index in [9.17, 15) is 0 Å². The van der Waals surface area contributed by atoms with Crippen LogP contribution in [0.2, 0.25) is 0 Å². The summed E-state index contributed by atoms with van der Waals surface area (Å²) >= 11 is 5.34. The van der Waals surface area contributed by atoms with E-state index in [-0.39, 0.29) is 4.93 Å². The fourth-order valence-electron chi connectivity index (χ4n) is 2.01. The van der Waals surface area contributed by atoms with Crippen molar-refractivity contribution in [1.82, 2.24) is 0 Å². The maximum absolute atomic E-state index is 5.80. The molecule has 0 amide bonds. The van der Waals surface area contributed by atoms with E-state index in [0.717, 1.165) is 6.42 Å². The average molecular weight is 280 g/mol. The molecule has 0 saturated carbocycles. The molecule has 1 atom stereocenters. The Morgan fingerprint density at radius 1 is 1.24 bits per heavy atom. The zero-order valence-electron chi connectivity index (χ0n) is 9.38. The zero-order chi connectivity index (χ0) is 11.7. The molecule has 0 aromatic carbocycles. The molecule has 0 fully saturated rings. The van der Waals surface area contributed by atoms with Crippen LogP contribution in [0, 0.1) is 0 Å². The number of hydrogen-bond acceptors (Lipinski definition) is 4. The second-order valence-corrected chi connectivity index (χ2v) is 6.82. The average Bonchev–Trinajstić information content (AvgIpc) is 3.10. The van der Waals surface area contributed by atoms with Crippen LogP contribution in [-0.4, -0.2) is 7.11 Å². The Labute approximate surface area is 113 Å². The highest BCUT2D eigenvalue weighted by Crippen LogP contribution is 2.51. The lowest BCUT2D eigenvalue weighted by Crippen LogP contribution is -2.20. The molecule has 88 valence electrons. The summed E-state index contributed by atoms with van der Waals surface area (Å²) in [5, 5.41) is 6.42. The predicted octanol–water partition coefficient (Wildman–Crippen LogP) is 4.93. The standard InChI is InChI=1S/C13H12OS3/c1-14-13(6-3-8-17-13)12-10(5-9-16-12)11-4-2-7-15-11/h2-5,7-9H,6H2,1H3. The van der Waals surface area contributed by atoms with Crippen LogP contribution in [0.5, 0.6) is 0 Å². The smallest absolute Gasteiger partial charge is 0.155 e. The monoisotopic (exact) mass is 280 g/mol. The van der Waals surface area contributed by atoms with Crippen molar-refractivity contribution in [3.63, 3.8) is 0 Å². The van der Waals surface area contributed by atoms with Gasteiger partial charge in [-0.05, 0) is 28.3 Å². The lowest BCUT2D eigenvalue weighted by Gasteiger charge is -2.26. The van der Waals surface area contributed by atoms with Crippen LogP contribution in [0.15, 0.2) is 40.4 Å². The molecule has 3 heterocycles. The van der Waals surface area contributed by atoms with Crippen molar-refractivity contribution in [3.05, 3.63) is 45.3 Å². The molecule has 0 bridgehead atoms. The van der Waals surface area contributed by atoms with Crippen LogP contribution in [0.4, 0.5) is 0 Å². The molecule has 0 radical (unpaired) electrons. The van der Waals surface area contributed by atoms with E-state index in [1.165, 1.54) is 15.3 Å². The van der Waals surface area contributed by atoms with Gasteiger partial charge >= 0.3 is 0 Å². The molecule has 17 heavy (non-hydrogen) atoms. The van der Waals surface area contributed by atoms with Gasteiger partial charge in [0.1, 0.15) is 0 Å². The van der Waals surface area contributed by atoms with Gasteiger partial charge in [0.2, 0.25) is 0 Å². The minimum absolute atomic E-state index is 0.201. The van der Waals surface area contributed by atoms with Gasteiger partial charge in [-0.2, -0.15) is 0 Å². The van der Waals surface area contributed by atoms with Crippen molar-refractivity contribution in [2.45, 2.75) is 11.4 Å². The van der Waals surface area contributed by atoms with Gasteiger partial charge in [0.05, 0.1) is 4.88 Å². The first-order valence-electron chi connectivity index (χ1n) is 5.35. The number of ether oxygens (including phenoxy) is 1. The van der Waals surface area contributed by atoms with Crippen LogP contribution < -0.4 is 0 Å². The van der Waals surface area contributed by atoms with E-state index in [1.807, 2.05) is 0 Å².